The summed E-state index contributed by atoms with van der Waals surface area (Å²) < 4.78 is 5.88. The monoisotopic (exact) mass is 469 g/mol. The van der Waals surface area contributed by atoms with E-state index in [9.17, 15) is 24.5 Å². The van der Waals surface area contributed by atoms with Crippen molar-refractivity contribution in [2.45, 2.75) is 0 Å². The SMILES string of the molecule is C#CCOc1ccc(/C=C2\C(=O)NC(=O)N(c3cccc([N+](=O)[O-])c3)C2=O)cc1Br. The first kappa shape index (κ1) is 20.8. The van der Waals surface area contributed by atoms with Crippen LogP contribution >= 0.6 is 15.9 Å². The molecule has 1 heterocycles. The van der Waals surface area contributed by atoms with Gasteiger partial charge in [-0.1, -0.05) is 18.1 Å². The second kappa shape index (κ2) is 8.59. The number of terminal acetylenes is 1. The number of urea groups is 1. The minimum atomic E-state index is -0.998. The summed E-state index contributed by atoms with van der Waals surface area (Å²) in [5.74, 6) is 1.03. The summed E-state index contributed by atoms with van der Waals surface area (Å²) in [4.78, 5) is 48.4. The fraction of sp³-hybridized carbons (Fsp3) is 0.0500. The summed E-state index contributed by atoms with van der Waals surface area (Å²) in [6.07, 6.45) is 6.45. The zero-order chi connectivity index (χ0) is 21.8. The normalized spacial score (nSPS) is 15.0. The van der Waals surface area contributed by atoms with E-state index in [0.29, 0.717) is 20.7 Å². The minimum Gasteiger partial charge on any atom is -0.480 e. The van der Waals surface area contributed by atoms with Gasteiger partial charge in [0.2, 0.25) is 0 Å². The first-order chi connectivity index (χ1) is 14.3. The van der Waals surface area contributed by atoms with Crippen molar-refractivity contribution in [1.82, 2.24) is 5.32 Å². The predicted octanol–water partition coefficient (Wildman–Crippen LogP) is 3.04. The van der Waals surface area contributed by atoms with Gasteiger partial charge in [-0.25, -0.2) is 9.69 Å². The van der Waals surface area contributed by atoms with Crippen LogP contribution in [0.15, 0.2) is 52.5 Å². The molecule has 150 valence electrons. The van der Waals surface area contributed by atoms with Gasteiger partial charge >= 0.3 is 6.03 Å². The lowest BCUT2D eigenvalue weighted by molar-refractivity contribution is -0.384. The number of hydrogen-bond donors (Lipinski definition) is 1. The van der Waals surface area contributed by atoms with E-state index in [1.54, 1.807) is 18.2 Å². The molecule has 30 heavy (non-hydrogen) atoms. The van der Waals surface area contributed by atoms with Crippen molar-refractivity contribution in [3.05, 3.63) is 68.2 Å². The number of halogens is 1. The number of anilines is 1. The molecular weight excluding hydrogens is 458 g/mol. The summed E-state index contributed by atoms with van der Waals surface area (Å²) >= 11 is 3.32. The van der Waals surface area contributed by atoms with Crippen LogP contribution in [0.1, 0.15) is 5.56 Å². The van der Waals surface area contributed by atoms with Crippen LogP contribution in [0.5, 0.6) is 5.75 Å². The number of carbonyl (C=O) groups is 3. The third kappa shape index (κ3) is 4.21. The van der Waals surface area contributed by atoms with Gasteiger partial charge in [0.25, 0.3) is 17.5 Å². The largest absolute Gasteiger partial charge is 0.480 e. The molecule has 3 rings (SSSR count). The van der Waals surface area contributed by atoms with Gasteiger partial charge in [-0.15, -0.1) is 6.42 Å². The summed E-state index contributed by atoms with van der Waals surface area (Å²) in [6, 6.07) is 8.78. The number of benzene rings is 2. The van der Waals surface area contributed by atoms with E-state index in [0.717, 1.165) is 6.07 Å². The molecule has 0 unspecified atom stereocenters. The molecule has 0 aromatic heterocycles. The van der Waals surface area contributed by atoms with E-state index < -0.39 is 22.8 Å². The fourth-order valence-electron chi connectivity index (χ4n) is 2.65. The third-order valence-corrected chi connectivity index (χ3v) is 4.60. The molecule has 2 aromatic carbocycles. The highest BCUT2D eigenvalue weighted by Crippen LogP contribution is 2.29. The van der Waals surface area contributed by atoms with Crippen LogP contribution in [-0.4, -0.2) is 29.4 Å². The van der Waals surface area contributed by atoms with E-state index in [1.807, 2.05) is 0 Å². The Morgan fingerprint density at radius 1 is 1.23 bits per heavy atom. The highest BCUT2D eigenvalue weighted by molar-refractivity contribution is 9.10. The fourth-order valence-corrected chi connectivity index (χ4v) is 3.16. The molecule has 1 N–H and O–H groups in total. The maximum Gasteiger partial charge on any atom is 0.335 e. The molecule has 10 heteroatoms. The van der Waals surface area contributed by atoms with Gasteiger partial charge in [0, 0.05) is 12.1 Å². The van der Waals surface area contributed by atoms with E-state index in [-0.39, 0.29) is 23.6 Å². The molecule has 0 atom stereocenters. The van der Waals surface area contributed by atoms with Crippen molar-refractivity contribution >= 4 is 51.2 Å². The number of non-ortho nitro benzene ring substituents is 1. The molecule has 2 aromatic rings. The zero-order valence-electron chi connectivity index (χ0n) is 15.1. The number of amides is 4. The lowest BCUT2D eigenvalue weighted by atomic mass is 10.1. The van der Waals surface area contributed by atoms with Gasteiger partial charge in [-0.3, -0.25) is 25.0 Å². The van der Waals surface area contributed by atoms with Crippen molar-refractivity contribution in [2.24, 2.45) is 0 Å². The average molecular weight is 470 g/mol. The molecule has 0 radical (unpaired) electrons. The first-order valence-electron chi connectivity index (χ1n) is 8.33. The van der Waals surface area contributed by atoms with Gasteiger partial charge in [0.1, 0.15) is 17.9 Å². The van der Waals surface area contributed by atoms with Crippen LogP contribution < -0.4 is 15.0 Å². The van der Waals surface area contributed by atoms with Crippen LogP contribution in [0.2, 0.25) is 0 Å². The van der Waals surface area contributed by atoms with Gasteiger partial charge in [0.15, 0.2) is 0 Å². The standard InChI is InChI=1S/C20H12BrN3O6/c1-2-8-30-17-7-6-12(10-16(17)21)9-15-18(25)22-20(27)23(19(15)26)13-4-3-5-14(11-13)24(28)29/h1,3-7,9-11H,8H2,(H,22,25,27)/b15-9+. The maximum absolute atomic E-state index is 12.9. The molecule has 4 amide bonds. The Labute approximate surface area is 178 Å². The van der Waals surface area contributed by atoms with Gasteiger partial charge in [-0.05, 0) is 45.8 Å². The lowest BCUT2D eigenvalue weighted by Crippen LogP contribution is -2.54. The van der Waals surface area contributed by atoms with E-state index in [2.05, 4.69) is 27.2 Å². The smallest absolute Gasteiger partial charge is 0.335 e. The van der Waals surface area contributed by atoms with Gasteiger partial charge in [-0.2, -0.15) is 0 Å². The quantitative estimate of drug-likeness (QED) is 0.236. The zero-order valence-corrected chi connectivity index (χ0v) is 16.7. The second-order valence-corrected chi connectivity index (χ2v) is 6.77. The van der Waals surface area contributed by atoms with Crippen LogP contribution in [0.4, 0.5) is 16.2 Å². The Morgan fingerprint density at radius 2 is 2.00 bits per heavy atom. The minimum absolute atomic E-state index is 0.0377. The molecule has 0 aliphatic carbocycles. The Bertz CT molecular complexity index is 1150. The van der Waals surface area contributed by atoms with E-state index >= 15 is 0 Å². The van der Waals surface area contributed by atoms with Crippen molar-refractivity contribution in [3.8, 4) is 18.1 Å². The van der Waals surface area contributed by atoms with Crippen LogP contribution in [0.3, 0.4) is 0 Å². The van der Waals surface area contributed by atoms with Gasteiger partial charge < -0.3 is 4.74 Å². The number of nitro benzene ring substituents is 1. The summed E-state index contributed by atoms with van der Waals surface area (Å²) in [6.45, 7) is 0.0697. The molecular formula is C20H12BrN3O6. The van der Waals surface area contributed by atoms with E-state index in [4.69, 9.17) is 11.2 Å². The molecule has 9 nitrogen and oxygen atoms in total. The topological polar surface area (TPSA) is 119 Å². The van der Waals surface area contributed by atoms with Gasteiger partial charge in [0.05, 0.1) is 15.1 Å². The second-order valence-electron chi connectivity index (χ2n) is 5.92. The molecule has 0 saturated carbocycles. The molecule has 0 bridgehead atoms. The number of barbiturate groups is 1. The number of hydrogen-bond acceptors (Lipinski definition) is 6. The number of nitrogens with zero attached hydrogens (tertiary/aromatic N) is 2. The van der Waals surface area contributed by atoms with E-state index in [1.165, 1.54) is 24.3 Å². The molecule has 1 saturated heterocycles. The average Bonchev–Trinajstić information content (AvgIpc) is 2.70. The predicted molar refractivity (Wildman–Crippen MR) is 111 cm³/mol. The first-order valence-corrected chi connectivity index (χ1v) is 9.13. The number of carbonyl (C=O) groups excluding carboxylic acids is 3. The number of nitrogens with one attached hydrogen (secondary N) is 1. The van der Waals surface area contributed by atoms with Crippen molar-refractivity contribution in [1.29, 1.82) is 0 Å². The van der Waals surface area contributed by atoms with Crippen molar-refractivity contribution in [2.75, 3.05) is 11.5 Å². The van der Waals surface area contributed by atoms with Crippen molar-refractivity contribution < 1.29 is 24.0 Å². The van der Waals surface area contributed by atoms with Crippen LogP contribution in [0, 0.1) is 22.5 Å². The Kier molecular flexibility index (Phi) is 5.94. The van der Waals surface area contributed by atoms with Crippen LogP contribution in [0.25, 0.3) is 6.08 Å². The Balaban J connectivity index is 1.96. The highest BCUT2D eigenvalue weighted by atomic mass is 79.9. The lowest BCUT2D eigenvalue weighted by Gasteiger charge is -2.26. The number of ether oxygens (including phenoxy) is 1. The Morgan fingerprint density at radius 3 is 2.67 bits per heavy atom. The summed E-state index contributed by atoms with van der Waals surface area (Å²) in [7, 11) is 0. The third-order valence-electron chi connectivity index (χ3n) is 3.98. The van der Waals surface area contributed by atoms with Crippen molar-refractivity contribution in [3.63, 3.8) is 0 Å². The summed E-state index contributed by atoms with van der Waals surface area (Å²) in [5, 5.41) is 13.1. The molecule has 0 spiro atoms. The molecule has 1 fully saturated rings. The highest BCUT2D eigenvalue weighted by Gasteiger charge is 2.37. The molecule has 1 aliphatic rings. The number of rotatable bonds is 5. The molecule has 1 aliphatic heterocycles. The maximum atomic E-state index is 12.9. The number of imide groups is 2. The van der Waals surface area contributed by atoms with Crippen LogP contribution in [-0.2, 0) is 9.59 Å². The summed E-state index contributed by atoms with van der Waals surface area (Å²) in [5.41, 5.74) is -0.182. The number of nitro groups is 1. The Hall–Kier alpha value is -3.97.